The molecule has 3 nitrogen and oxygen atoms in total. The normalized spacial score (nSPS) is 12.0. The van der Waals surface area contributed by atoms with Crippen LogP contribution in [0.1, 0.15) is 0 Å². The van der Waals surface area contributed by atoms with E-state index in [1.807, 2.05) is 29.2 Å². The first-order valence-corrected chi connectivity index (χ1v) is 6.34. The van der Waals surface area contributed by atoms with Gasteiger partial charge in [-0.2, -0.15) is 0 Å². The lowest BCUT2D eigenvalue weighted by Crippen LogP contribution is -2.33. The summed E-state index contributed by atoms with van der Waals surface area (Å²) >= 11 is 1.60. The maximum atomic E-state index is 5.95. The third-order valence-electron chi connectivity index (χ3n) is 2.55. The first-order valence-electron chi connectivity index (χ1n) is 5.11. The second-order valence-corrected chi connectivity index (χ2v) is 4.31. The van der Waals surface area contributed by atoms with Gasteiger partial charge < -0.3 is 4.57 Å². The Bertz CT molecular complexity index is 646. The van der Waals surface area contributed by atoms with Crippen molar-refractivity contribution in [2.24, 2.45) is 4.99 Å². The Morgan fingerprint density at radius 3 is 2.88 bits per heavy atom. The third kappa shape index (κ3) is 2.02. The van der Waals surface area contributed by atoms with Crippen LogP contribution in [0.15, 0.2) is 34.9 Å². The van der Waals surface area contributed by atoms with Gasteiger partial charge >= 0.3 is 0 Å². The van der Waals surface area contributed by atoms with E-state index in [0.717, 1.165) is 15.9 Å². The third-order valence-corrected chi connectivity index (χ3v) is 3.19. The van der Waals surface area contributed by atoms with Gasteiger partial charge in [-0.25, -0.2) is 4.98 Å². The molecule has 0 saturated carbocycles. The van der Waals surface area contributed by atoms with Crippen LogP contribution in [0.25, 0.3) is 17.1 Å². The highest BCUT2D eigenvalue weighted by molar-refractivity contribution is 7.98. The van der Waals surface area contributed by atoms with Crippen LogP contribution in [0.4, 0.5) is 0 Å². The predicted octanol–water partition coefficient (Wildman–Crippen LogP) is 1.18. The molecule has 0 N–H and O–H groups in total. The van der Waals surface area contributed by atoms with Gasteiger partial charge in [0.05, 0.1) is 10.5 Å². The summed E-state index contributed by atoms with van der Waals surface area (Å²) in [6, 6.07) is 3.89. The second-order valence-electron chi connectivity index (χ2n) is 3.48. The molecule has 2 aromatic rings. The lowest BCUT2D eigenvalue weighted by atomic mass is 9.96. The standard InChI is InChI=1S/C12H12BN3S/c1-4-16-10-6-11(17-3)15-7-8(10)5-9(13)12(16)14-2/h4-7H,1H2,2-3H3. The molecule has 0 aromatic carbocycles. The van der Waals surface area contributed by atoms with Gasteiger partial charge in [0.2, 0.25) is 0 Å². The van der Waals surface area contributed by atoms with Gasteiger partial charge in [0.15, 0.2) is 0 Å². The van der Waals surface area contributed by atoms with Crippen LogP contribution in [0, 0.1) is 0 Å². The molecule has 0 aliphatic heterocycles. The van der Waals surface area contributed by atoms with E-state index < -0.39 is 0 Å². The van der Waals surface area contributed by atoms with Crippen molar-refractivity contribution in [3.63, 3.8) is 0 Å². The van der Waals surface area contributed by atoms with Gasteiger partial charge in [0.1, 0.15) is 13.3 Å². The van der Waals surface area contributed by atoms with Gasteiger partial charge in [-0.1, -0.05) is 18.1 Å². The summed E-state index contributed by atoms with van der Waals surface area (Å²) in [7, 11) is 7.67. The van der Waals surface area contributed by atoms with E-state index in [2.05, 4.69) is 16.6 Å². The molecule has 17 heavy (non-hydrogen) atoms. The van der Waals surface area contributed by atoms with Crippen LogP contribution >= 0.6 is 11.8 Å². The topological polar surface area (TPSA) is 30.2 Å². The molecule has 0 unspecified atom stereocenters. The number of hydrogen-bond donors (Lipinski definition) is 0. The zero-order chi connectivity index (χ0) is 12.4. The fraction of sp³-hybridized carbons (Fsp3) is 0.167. The largest absolute Gasteiger partial charge is 0.303 e. The Hall–Kier alpha value is -1.49. The van der Waals surface area contributed by atoms with Crippen molar-refractivity contribution in [2.45, 2.75) is 5.03 Å². The Morgan fingerprint density at radius 1 is 1.53 bits per heavy atom. The Kier molecular flexibility index (Phi) is 3.38. The van der Waals surface area contributed by atoms with Crippen LogP contribution in [0.3, 0.4) is 0 Å². The Balaban J connectivity index is 2.96. The van der Waals surface area contributed by atoms with E-state index in [4.69, 9.17) is 7.85 Å². The van der Waals surface area contributed by atoms with Gasteiger partial charge in [-0.3, -0.25) is 4.99 Å². The molecule has 0 atom stereocenters. The first-order chi connectivity index (χ1) is 8.21. The van der Waals surface area contributed by atoms with Gasteiger partial charge in [0.25, 0.3) is 0 Å². The molecule has 0 aliphatic carbocycles. The zero-order valence-corrected chi connectivity index (χ0v) is 10.7. The van der Waals surface area contributed by atoms with Crippen molar-refractivity contribution in [1.82, 2.24) is 9.55 Å². The van der Waals surface area contributed by atoms with Crippen LogP contribution in [0.2, 0.25) is 0 Å². The van der Waals surface area contributed by atoms with Gasteiger partial charge in [-0.15, -0.1) is 11.8 Å². The van der Waals surface area contributed by atoms with E-state index in [-0.39, 0.29) is 0 Å². The van der Waals surface area contributed by atoms with Crippen LogP contribution in [-0.2, 0) is 0 Å². The predicted molar refractivity (Wildman–Crippen MR) is 74.8 cm³/mol. The summed E-state index contributed by atoms with van der Waals surface area (Å²) in [6.07, 6.45) is 5.52. The van der Waals surface area contributed by atoms with Crippen molar-refractivity contribution in [3.8, 4) is 0 Å². The molecule has 2 radical (unpaired) electrons. The average molecular weight is 241 g/mol. The maximum absolute atomic E-state index is 5.95. The monoisotopic (exact) mass is 241 g/mol. The van der Waals surface area contributed by atoms with E-state index >= 15 is 0 Å². The molecule has 0 aliphatic rings. The lowest BCUT2D eigenvalue weighted by Gasteiger charge is -2.10. The summed E-state index contributed by atoms with van der Waals surface area (Å²) in [5.41, 5.74) is 2.35. The highest BCUT2D eigenvalue weighted by Gasteiger charge is 2.04. The van der Waals surface area contributed by atoms with Crippen molar-refractivity contribution < 1.29 is 0 Å². The summed E-state index contributed by atoms with van der Waals surface area (Å²) < 4.78 is 1.88. The zero-order valence-electron chi connectivity index (χ0n) is 9.84. The molecule has 2 heterocycles. The van der Waals surface area contributed by atoms with E-state index in [1.54, 1.807) is 25.0 Å². The molecule has 5 heteroatoms. The smallest absolute Gasteiger partial charge is 0.124 e. The quantitative estimate of drug-likeness (QED) is 0.583. The van der Waals surface area contributed by atoms with Crippen molar-refractivity contribution in [3.05, 3.63) is 30.4 Å². The molecule has 2 aromatic heterocycles. The summed E-state index contributed by atoms with van der Waals surface area (Å²) in [5.74, 6) is 0. The first kappa shape index (κ1) is 12.0. The molecule has 84 valence electrons. The maximum Gasteiger partial charge on any atom is 0.124 e. The molecule has 2 rings (SSSR count). The van der Waals surface area contributed by atoms with E-state index in [0.29, 0.717) is 11.0 Å². The molecule has 0 bridgehead atoms. The van der Waals surface area contributed by atoms with Gasteiger partial charge in [0, 0.05) is 24.8 Å². The fourth-order valence-corrected chi connectivity index (χ4v) is 2.16. The van der Waals surface area contributed by atoms with Crippen LogP contribution < -0.4 is 11.0 Å². The number of rotatable bonds is 2. The SMILES string of the molecule is [B]c1cc2cnc(SC)cc2n(C=C)c1=NC. The van der Waals surface area contributed by atoms with E-state index in [1.165, 1.54) is 0 Å². The minimum absolute atomic E-state index is 0.624. The molecular formula is C12H12BN3S. The number of nitrogens with zero attached hydrogens (tertiary/aromatic N) is 3. The minimum Gasteiger partial charge on any atom is -0.303 e. The lowest BCUT2D eigenvalue weighted by molar-refractivity contribution is 1.04. The van der Waals surface area contributed by atoms with Crippen molar-refractivity contribution in [1.29, 1.82) is 0 Å². The second kappa shape index (κ2) is 4.79. The highest BCUT2D eigenvalue weighted by Crippen LogP contribution is 2.17. The van der Waals surface area contributed by atoms with Crippen LogP contribution in [-0.4, -0.2) is 30.7 Å². The number of fused-ring (bicyclic) bond motifs is 1. The van der Waals surface area contributed by atoms with Crippen molar-refractivity contribution in [2.75, 3.05) is 13.3 Å². The van der Waals surface area contributed by atoms with Crippen LogP contribution in [0.5, 0.6) is 0 Å². The molecule has 0 spiro atoms. The van der Waals surface area contributed by atoms with Crippen molar-refractivity contribution >= 4 is 42.2 Å². The Labute approximate surface area is 106 Å². The Morgan fingerprint density at radius 2 is 2.29 bits per heavy atom. The molecule has 0 fully saturated rings. The van der Waals surface area contributed by atoms with E-state index in [9.17, 15) is 0 Å². The van der Waals surface area contributed by atoms with Gasteiger partial charge in [-0.05, 0) is 12.3 Å². The molecule has 0 saturated heterocycles. The average Bonchev–Trinajstić information content (AvgIpc) is 2.36. The summed E-state index contributed by atoms with van der Waals surface area (Å²) in [4.78, 5) is 8.51. The number of pyridine rings is 2. The molecular weight excluding hydrogens is 229 g/mol. The number of aromatic nitrogens is 2. The number of thioether (sulfide) groups is 1. The number of hydrogen-bond acceptors (Lipinski definition) is 3. The highest BCUT2D eigenvalue weighted by atomic mass is 32.2. The summed E-state index contributed by atoms with van der Waals surface area (Å²) in [5, 5.41) is 1.94. The molecule has 0 amide bonds. The fourth-order valence-electron chi connectivity index (χ4n) is 1.78. The summed E-state index contributed by atoms with van der Waals surface area (Å²) in [6.45, 7) is 3.81. The minimum atomic E-state index is 0.624.